The molecule has 0 heterocycles. The maximum atomic E-state index is 13.0. The first kappa shape index (κ1) is 13.5. The van der Waals surface area contributed by atoms with Crippen molar-refractivity contribution in [2.45, 2.75) is 6.61 Å². The molecule has 0 amide bonds. The molecule has 0 bridgehead atoms. The van der Waals surface area contributed by atoms with E-state index in [0.29, 0.717) is 5.56 Å². The monoisotopic (exact) mass is 264 g/mol. The number of halogens is 2. The molecule has 3 nitrogen and oxygen atoms in total. The molecule has 98 valence electrons. The van der Waals surface area contributed by atoms with Crippen LogP contribution in [0.25, 0.3) is 0 Å². The van der Waals surface area contributed by atoms with Gasteiger partial charge in [-0.15, -0.1) is 0 Å². The number of benzene rings is 2. The Bertz CT molecular complexity index is 558. The van der Waals surface area contributed by atoms with Crippen LogP contribution in [0.1, 0.15) is 5.56 Å². The Morgan fingerprint density at radius 3 is 2.21 bits per heavy atom. The van der Waals surface area contributed by atoms with Crippen LogP contribution in [0, 0.1) is 11.6 Å². The van der Waals surface area contributed by atoms with Gasteiger partial charge in [0.25, 0.3) is 0 Å². The molecule has 0 aliphatic carbocycles. The molecule has 0 aliphatic rings. The second-order valence-corrected chi connectivity index (χ2v) is 3.97. The quantitative estimate of drug-likeness (QED) is 0.816. The predicted octanol–water partition coefficient (Wildman–Crippen LogP) is 1.22. The second kappa shape index (κ2) is 5.82. The van der Waals surface area contributed by atoms with E-state index in [4.69, 9.17) is 14.8 Å². The summed E-state index contributed by atoms with van der Waals surface area (Å²) < 4.78 is 31.1. The fourth-order valence-corrected chi connectivity index (χ4v) is 1.59. The zero-order valence-electron chi connectivity index (χ0n) is 9.88. The second-order valence-electron chi connectivity index (χ2n) is 3.97. The van der Waals surface area contributed by atoms with E-state index in [0.717, 1.165) is 12.1 Å². The molecule has 0 saturated heterocycles. The van der Waals surface area contributed by atoms with Gasteiger partial charge in [0.15, 0.2) is 0 Å². The van der Waals surface area contributed by atoms with Gasteiger partial charge in [-0.1, -0.05) is 12.1 Å². The third kappa shape index (κ3) is 3.53. The molecular formula is C13H11BF2O3. The Hall–Kier alpha value is -1.92. The average molecular weight is 264 g/mol. The van der Waals surface area contributed by atoms with E-state index in [2.05, 4.69) is 0 Å². The highest BCUT2D eigenvalue weighted by Crippen LogP contribution is 2.12. The van der Waals surface area contributed by atoms with Gasteiger partial charge in [-0.05, 0) is 35.9 Å². The lowest BCUT2D eigenvalue weighted by Gasteiger charge is -2.11. The molecule has 0 radical (unpaired) electrons. The highest BCUT2D eigenvalue weighted by atomic mass is 19.1. The van der Waals surface area contributed by atoms with Crippen LogP contribution >= 0.6 is 0 Å². The van der Waals surface area contributed by atoms with E-state index in [1.54, 1.807) is 12.1 Å². The molecule has 2 aromatic carbocycles. The first-order chi connectivity index (χ1) is 9.06. The van der Waals surface area contributed by atoms with Gasteiger partial charge < -0.3 is 14.8 Å². The van der Waals surface area contributed by atoms with Crippen molar-refractivity contribution in [1.82, 2.24) is 0 Å². The largest absolute Gasteiger partial charge is 0.492 e. The SMILES string of the molecule is OB(O)c1cc(F)ccc1OCc1ccc(F)cc1. The van der Waals surface area contributed by atoms with Crippen LogP contribution in [-0.4, -0.2) is 17.2 Å². The van der Waals surface area contributed by atoms with Gasteiger partial charge in [0.1, 0.15) is 24.0 Å². The van der Waals surface area contributed by atoms with Crippen LogP contribution in [0.3, 0.4) is 0 Å². The van der Waals surface area contributed by atoms with Gasteiger partial charge in [-0.3, -0.25) is 0 Å². The third-order valence-electron chi connectivity index (χ3n) is 2.56. The van der Waals surface area contributed by atoms with Crippen molar-refractivity contribution in [3.63, 3.8) is 0 Å². The number of ether oxygens (including phenoxy) is 1. The van der Waals surface area contributed by atoms with Crippen molar-refractivity contribution >= 4 is 12.6 Å². The Morgan fingerprint density at radius 1 is 0.947 bits per heavy atom. The Labute approximate surface area is 109 Å². The van der Waals surface area contributed by atoms with Crippen molar-refractivity contribution in [3.8, 4) is 5.75 Å². The fourth-order valence-electron chi connectivity index (χ4n) is 1.59. The molecule has 2 aromatic rings. The summed E-state index contributed by atoms with van der Waals surface area (Å²) in [4.78, 5) is 0. The van der Waals surface area contributed by atoms with Crippen LogP contribution in [0.4, 0.5) is 8.78 Å². The highest BCUT2D eigenvalue weighted by molar-refractivity contribution is 6.59. The maximum Gasteiger partial charge on any atom is 0.492 e. The van der Waals surface area contributed by atoms with Gasteiger partial charge in [0.05, 0.1) is 0 Å². The Balaban J connectivity index is 2.13. The van der Waals surface area contributed by atoms with Crippen LogP contribution < -0.4 is 10.2 Å². The first-order valence-electron chi connectivity index (χ1n) is 5.59. The molecule has 0 atom stereocenters. The molecule has 6 heteroatoms. The van der Waals surface area contributed by atoms with E-state index in [-0.39, 0.29) is 23.6 Å². The van der Waals surface area contributed by atoms with Crippen molar-refractivity contribution in [2.75, 3.05) is 0 Å². The lowest BCUT2D eigenvalue weighted by atomic mass is 9.79. The number of hydrogen-bond acceptors (Lipinski definition) is 3. The van der Waals surface area contributed by atoms with E-state index >= 15 is 0 Å². The number of hydrogen-bond donors (Lipinski definition) is 2. The molecule has 0 spiro atoms. The third-order valence-corrected chi connectivity index (χ3v) is 2.56. The summed E-state index contributed by atoms with van der Waals surface area (Å²) in [5.74, 6) is -0.769. The van der Waals surface area contributed by atoms with Crippen molar-refractivity contribution < 1.29 is 23.6 Å². The summed E-state index contributed by atoms with van der Waals surface area (Å²) in [5.41, 5.74) is 0.659. The standard InChI is InChI=1S/C13H11BF2O3/c15-10-3-1-9(2-4-10)8-19-13-6-5-11(16)7-12(13)14(17)18/h1-7,17-18H,8H2. The molecule has 19 heavy (non-hydrogen) atoms. The summed E-state index contributed by atoms with van der Waals surface area (Å²) in [7, 11) is -1.82. The van der Waals surface area contributed by atoms with E-state index in [1.807, 2.05) is 0 Å². The van der Waals surface area contributed by atoms with Gasteiger partial charge in [0, 0.05) is 5.46 Å². The molecule has 0 aromatic heterocycles. The van der Waals surface area contributed by atoms with Crippen LogP contribution in [0.2, 0.25) is 0 Å². The molecule has 0 unspecified atom stereocenters. The molecule has 2 rings (SSSR count). The molecular weight excluding hydrogens is 253 g/mol. The minimum atomic E-state index is -1.82. The normalized spacial score (nSPS) is 10.3. The summed E-state index contributed by atoms with van der Waals surface area (Å²) in [6.07, 6.45) is 0. The molecule has 0 saturated carbocycles. The van der Waals surface area contributed by atoms with Gasteiger partial charge in [-0.2, -0.15) is 0 Å². The smallest absolute Gasteiger partial charge is 0.489 e. The van der Waals surface area contributed by atoms with Crippen LogP contribution in [-0.2, 0) is 6.61 Å². The zero-order chi connectivity index (χ0) is 13.8. The minimum absolute atomic E-state index is 0.0536. The summed E-state index contributed by atoms with van der Waals surface area (Å²) in [6, 6.07) is 9.16. The van der Waals surface area contributed by atoms with Crippen molar-refractivity contribution in [2.24, 2.45) is 0 Å². The molecule has 2 N–H and O–H groups in total. The summed E-state index contributed by atoms with van der Waals surface area (Å²) in [5, 5.41) is 18.2. The number of rotatable bonds is 4. The average Bonchev–Trinajstić information content (AvgIpc) is 2.39. The van der Waals surface area contributed by atoms with Gasteiger partial charge in [0.2, 0.25) is 0 Å². The lowest BCUT2D eigenvalue weighted by Crippen LogP contribution is -2.31. The molecule has 0 fully saturated rings. The van der Waals surface area contributed by atoms with Gasteiger partial charge in [-0.25, -0.2) is 8.78 Å². The first-order valence-corrected chi connectivity index (χ1v) is 5.59. The summed E-state index contributed by atoms with van der Waals surface area (Å²) >= 11 is 0. The maximum absolute atomic E-state index is 13.0. The Morgan fingerprint density at radius 2 is 1.58 bits per heavy atom. The summed E-state index contributed by atoms with van der Waals surface area (Å²) in [6.45, 7) is 0.117. The Kier molecular flexibility index (Phi) is 4.14. The van der Waals surface area contributed by atoms with Crippen molar-refractivity contribution in [1.29, 1.82) is 0 Å². The van der Waals surface area contributed by atoms with E-state index in [9.17, 15) is 8.78 Å². The predicted molar refractivity (Wildman–Crippen MR) is 67.0 cm³/mol. The van der Waals surface area contributed by atoms with Gasteiger partial charge >= 0.3 is 7.12 Å². The lowest BCUT2D eigenvalue weighted by molar-refractivity contribution is 0.306. The molecule has 0 aliphatic heterocycles. The highest BCUT2D eigenvalue weighted by Gasteiger charge is 2.18. The minimum Gasteiger partial charge on any atom is -0.489 e. The van der Waals surface area contributed by atoms with Crippen LogP contribution in [0.15, 0.2) is 42.5 Å². The van der Waals surface area contributed by atoms with Crippen LogP contribution in [0.5, 0.6) is 5.75 Å². The van der Waals surface area contributed by atoms with Crippen molar-refractivity contribution in [3.05, 3.63) is 59.7 Å². The topological polar surface area (TPSA) is 49.7 Å². The zero-order valence-corrected chi connectivity index (χ0v) is 9.88. The fraction of sp³-hybridized carbons (Fsp3) is 0.0769. The van der Waals surface area contributed by atoms with E-state index < -0.39 is 12.9 Å². The van der Waals surface area contributed by atoms with E-state index in [1.165, 1.54) is 18.2 Å².